The number of carbonyl (C=O) groups excluding carboxylic acids is 1. The Balaban J connectivity index is 1.55. The molecule has 33 heavy (non-hydrogen) atoms. The molecule has 3 aromatic rings. The summed E-state index contributed by atoms with van der Waals surface area (Å²) in [6.07, 6.45) is 0. The highest BCUT2D eigenvalue weighted by molar-refractivity contribution is 7.91. The third-order valence-corrected chi connectivity index (χ3v) is 8.98. The molecule has 9 heteroatoms. The van der Waals surface area contributed by atoms with Crippen LogP contribution >= 0.6 is 11.3 Å². The van der Waals surface area contributed by atoms with Crippen LogP contribution in [0.3, 0.4) is 0 Å². The molecule has 7 nitrogen and oxygen atoms in total. The summed E-state index contributed by atoms with van der Waals surface area (Å²) in [7, 11) is -1.94. The molecule has 1 amide bonds. The summed E-state index contributed by atoms with van der Waals surface area (Å²) in [4.78, 5) is 15.6. The maximum absolute atomic E-state index is 13.5. The Morgan fingerprint density at radius 1 is 1.03 bits per heavy atom. The molecule has 1 N–H and O–H groups in total. The first-order valence-electron chi connectivity index (χ1n) is 10.7. The smallest absolute Gasteiger partial charge is 0.252 e. The van der Waals surface area contributed by atoms with Gasteiger partial charge in [0.1, 0.15) is 16.0 Å². The van der Waals surface area contributed by atoms with Gasteiger partial charge in [-0.2, -0.15) is 4.31 Å². The van der Waals surface area contributed by atoms with E-state index in [0.29, 0.717) is 41.8 Å². The van der Waals surface area contributed by atoms with Crippen molar-refractivity contribution < 1.29 is 17.9 Å². The number of hydrogen-bond acceptors (Lipinski definition) is 6. The topological polar surface area (TPSA) is 79.0 Å². The van der Waals surface area contributed by atoms with E-state index in [0.717, 1.165) is 11.1 Å². The van der Waals surface area contributed by atoms with Crippen molar-refractivity contribution in [2.24, 2.45) is 0 Å². The van der Waals surface area contributed by atoms with Crippen LogP contribution in [0.25, 0.3) is 0 Å². The number of nitrogens with one attached hydrogen (secondary N) is 1. The first kappa shape index (κ1) is 23.4. The predicted octanol–water partition coefficient (Wildman–Crippen LogP) is 3.75. The monoisotopic (exact) mass is 485 g/mol. The van der Waals surface area contributed by atoms with E-state index in [1.165, 1.54) is 15.6 Å². The average molecular weight is 486 g/mol. The first-order valence-corrected chi connectivity index (χ1v) is 13.0. The number of rotatable bonds is 7. The van der Waals surface area contributed by atoms with E-state index in [1.54, 1.807) is 24.6 Å². The highest BCUT2D eigenvalue weighted by Gasteiger charge is 2.35. The number of sulfonamides is 1. The minimum Gasteiger partial charge on any atom is -0.495 e. The van der Waals surface area contributed by atoms with Crippen LogP contribution in [0.4, 0.5) is 5.69 Å². The van der Waals surface area contributed by atoms with Crippen molar-refractivity contribution in [2.75, 3.05) is 38.6 Å². The number of ether oxygens (including phenoxy) is 1. The Kier molecular flexibility index (Phi) is 7.14. The Bertz CT molecular complexity index is 1190. The third kappa shape index (κ3) is 5.11. The minimum atomic E-state index is -3.51. The number of piperazine rings is 1. The molecule has 4 rings (SSSR count). The predicted molar refractivity (Wildman–Crippen MR) is 130 cm³/mol. The van der Waals surface area contributed by atoms with Crippen molar-refractivity contribution in [2.45, 2.75) is 17.2 Å². The van der Waals surface area contributed by atoms with Gasteiger partial charge in [0.2, 0.25) is 5.91 Å². The lowest BCUT2D eigenvalue weighted by molar-refractivity contribution is -0.122. The number of hydrogen-bond donors (Lipinski definition) is 1. The lowest BCUT2D eigenvalue weighted by Gasteiger charge is -2.38. The molecule has 1 unspecified atom stereocenters. The number of methoxy groups -OCH3 is 1. The average Bonchev–Trinajstić information content (AvgIpc) is 3.37. The van der Waals surface area contributed by atoms with E-state index in [1.807, 2.05) is 60.4 Å². The Morgan fingerprint density at radius 2 is 1.76 bits per heavy atom. The quantitative estimate of drug-likeness (QED) is 0.551. The number of anilines is 1. The molecule has 1 saturated heterocycles. The summed E-state index contributed by atoms with van der Waals surface area (Å²) >= 11 is 1.22. The summed E-state index contributed by atoms with van der Waals surface area (Å²) in [5.74, 6) is 0.410. The highest BCUT2D eigenvalue weighted by atomic mass is 32.2. The van der Waals surface area contributed by atoms with Gasteiger partial charge in [0, 0.05) is 26.2 Å². The minimum absolute atomic E-state index is 0.181. The molecule has 0 radical (unpaired) electrons. The van der Waals surface area contributed by atoms with Gasteiger partial charge in [-0.25, -0.2) is 8.42 Å². The van der Waals surface area contributed by atoms with Crippen molar-refractivity contribution >= 4 is 33.0 Å². The molecule has 1 atom stereocenters. The van der Waals surface area contributed by atoms with Gasteiger partial charge in [-0.1, -0.05) is 42.5 Å². The van der Waals surface area contributed by atoms with E-state index >= 15 is 0 Å². The van der Waals surface area contributed by atoms with E-state index < -0.39 is 16.1 Å². The summed E-state index contributed by atoms with van der Waals surface area (Å²) in [6.45, 7) is 3.50. The lowest BCUT2D eigenvalue weighted by atomic mass is 10.0. The zero-order valence-corrected chi connectivity index (χ0v) is 20.2. The zero-order valence-electron chi connectivity index (χ0n) is 18.6. The number of benzene rings is 2. The van der Waals surface area contributed by atoms with Crippen LogP contribution in [0.5, 0.6) is 5.75 Å². The second kappa shape index (κ2) is 10.0. The number of carbonyl (C=O) groups is 1. The number of amides is 1. The molecule has 1 aromatic heterocycles. The van der Waals surface area contributed by atoms with E-state index in [2.05, 4.69) is 5.32 Å². The molecular formula is C24H27N3O4S2. The van der Waals surface area contributed by atoms with Crippen molar-refractivity contribution in [1.82, 2.24) is 9.21 Å². The van der Waals surface area contributed by atoms with Crippen LogP contribution in [0.1, 0.15) is 17.2 Å². The Labute approximate surface area is 198 Å². The fraction of sp³-hybridized carbons (Fsp3) is 0.292. The molecule has 0 bridgehead atoms. The number of thiophene rings is 1. The van der Waals surface area contributed by atoms with Crippen molar-refractivity contribution in [3.8, 4) is 5.75 Å². The fourth-order valence-electron chi connectivity index (χ4n) is 4.02. The lowest BCUT2D eigenvalue weighted by Crippen LogP contribution is -2.51. The molecule has 1 fully saturated rings. The zero-order chi connectivity index (χ0) is 23.4. The summed E-state index contributed by atoms with van der Waals surface area (Å²) in [6, 6.07) is 18.0. The van der Waals surface area contributed by atoms with Crippen LogP contribution in [0, 0.1) is 6.92 Å². The van der Waals surface area contributed by atoms with Gasteiger partial charge in [0.15, 0.2) is 0 Å². The standard InChI is InChI=1S/C24H27N3O4S2/c1-18-10-11-21(31-2)20(17-18)25-24(28)23(19-7-4-3-5-8-19)26-12-14-27(15-13-26)33(29,30)22-9-6-16-32-22/h3-11,16-17,23H,12-15H2,1-2H3,(H,25,28). The van der Waals surface area contributed by atoms with Gasteiger partial charge in [-0.3, -0.25) is 9.69 Å². The van der Waals surface area contributed by atoms with Crippen LogP contribution < -0.4 is 10.1 Å². The van der Waals surface area contributed by atoms with E-state index in [-0.39, 0.29) is 5.91 Å². The van der Waals surface area contributed by atoms with E-state index in [9.17, 15) is 13.2 Å². The molecule has 0 aliphatic carbocycles. The Morgan fingerprint density at radius 3 is 2.39 bits per heavy atom. The summed E-state index contributed by atoms with van der Waals surface area (Å²) in [5.41, 5.74) is 2.48. The van der Waals surface area contributed by atoms with Gasteiger partial charge in [0.05, 0.1) is 12.8 Å². The van der Waals surface area contributed by atoms with Gasteiger partial charge < -0.3 is 10.1 Å². The number of aryl methyl sites for hydroxylation is 1. The van der Waals surface area contributed by atoms with Crippen molar-refractivity contribution in [3.05, 3.63) is 77.2 Å². The van der Waals surface area contributed by atoms with Crippen molar-refractivity contribution in [1.29, 1.82) is 0 Å². The molecule has 1 aliphatic heterocycles. The first-order chi connectivity index (χ1) is 15.9. The van der Waals surface area contributed by atoms with Gasteiger partial charge >= 0.3 is 0 Å². The van der Waals surface area contributed by atoms with Crippen LogP contribution in [0.15, 0.2) is 70.3 Å². The van der Waals surface area contributed by atoms with Crippen LogP contribution in [-0.2, 0) is 14.8 Å². The van der Waals surface area contributed by atoms with Crippen LogP contribution in [-0.4, -0.2) is 56.8 Å². The molecule has 0 spiro atoms. The van der Waals surface area contributed by atoms with Gasteiger partial charge in [-0.05, 0) is 41.6 Å². The number of nitrogens with zero attached hydrogens (tertiary/aromatic N) is 2. The van der Waals surface area contributed by atoms with Gasteiger partial charge in [0.25, 0.3) is 10.0 Å². The van der Waals surface area contributed by atoms with Gasteiger partial charge in [-0.15, -0.1) is 11.3 Å². The maximum Gasteiger partial charge on any atom is 0.252 e. The molecule has 2 heterocycles. The largest absolute Gasteiger partial charge is 0.495 e. The molecule has 2 aromatic carbocycles. The molecule has 1 aliphatic rings. The third-order valence-electron chi connectivity index (χ3n) is 5.70. The highest BCUT2D eigenvalue weighted by Crippen LogP contribution is 2.30. The Hall–Kier alpha value is -2.72. The van der Waals surface area contributed by atoms with E-state index in [4.69, 9.17) is 4.74 Å². The fourth-order valence-corrected chi connectivity index (χ4v) is 6.59. The molecule has 0 saturated carbocycles. The molecule has 174 valence electrons. The van der Waals surface area contributed by atoms with Crippen molar-refractivity contribution in [3.63, 3.8) is 0 Å². The molecular weight excluding hydrogens is 458 g/mol. The normalized spacial score (nSPS) is 16.3. The summed E-state index contributed by atoms with van der Waals surface area (Å²) in [5, 5.41) is 4.79. The summed E-state index contributed by atoms with van der Waals surface area (Å²) < 4.78 is 33.1. The van der Waals surface area contributed by atoms with Crippen LogP contribution in [0.2, 0.25) is 0 Å². The maximum atomic E-state index is 13.5. The SMILES string of the molecule is COc1ccc(C)cc1NC(=O)C(c1ccccc1)N1CCN(S(=O)(=O)c2cccs2)CC1. The second-order valence-corrected chi connectivity index (χ2v) is 11.0. The second-order valence-electron chi connectivity index (χ2n) is 7.88.